The highest BCUT2D eigenvalue weighted by atomic mass is 19.1. The van der Waals surface area contributed by atoms with E-state index in [1.807, 2.05) is 25.4 Å². The van der Waals surface area contributed by atoms with Crippen LogP contribution < -0.4 is 15.5 Å². The Morgan fingerprint density at radius 1 is 1.21 bits per heavy atom. The molecule has 2 saturated heterocycles. The monoisotopic (exact) mass is 517 g/mol. The van der Waals surface area contributed by atoms with Crippen LogP contribution in [-0.4, -0.2) is 63.5 Å². The summed E-state index contributed by atoms with van der Waals surface area (Å²) in [6.45, 7) is 5.47. The summed E-state index contributed by atoms with van der Waals surface area (Å²) >= 11 is 0. The van der Waals surface area contributed by atoms with E-state index in [4.69, 9.17) is 4.74 Å². The lowest BCUT2D eigenvalue weighted by atomic mass is 9.96. The first-order valence-corrected chi connectivity index (χ1v) is 13.4. The largest absolute Gasteiger partial charge is 0.381 e. The predicted molar refractivity (Wildman–Crippen MR) is 143 cm³/mol. The van der Waals surface area contributed by atoms with E-state index in [2.05, 4.69) is 25.6 Å². The Morgan fingerprint density at radius 3 is 2.89 bits per heavy atom. The van der Waals surface area contributed by atoms with Crippen LogP contribution in [0.4, 0.5) is 15.8 Å². The summed E-state index contributed by atoms with van der Waals surface area (Å²) in [5, 5.41) is 12.3. The fourth-order valence-electron chi connectivity index (χ4n) is 6.42. The summed E-state index contributed by atoms with van der Waals surface area (Å²) in [4.78, 5) is 19.9. The SMILES string of the molecule is Cc1cn2cc(NC(=O)c3ccc(N4CC[C@H](NC5CC56CCOCC6)C4)c4cn(C)nc34)cc(F)c2n1. The van der Waals surface area contributed by atoms with Gasteiger partial charge >= 0.3 is 0 Å². The molecule has 7 rings (SSSR count). The van der Waals surface area contributed by atoms with Crippen LogP contribution >= 0.6 is 0 Å². The van der Waals surface area contributed by atoms with E-state index in [9.17, 15) is 9.18 Å². The third-order valence-corrected chi connectivity index (χ3v) is 8.54. The molecule has 1 aromatic carbocycles. The minimum absolute atomic E-state index is 0.236. The number of pyridine rings is 1. The van der Waals surface area contributed by atoms with E-state index in [-0.39, 0.29) is 11.6 Å². The fourth-order valence-corrected chi connectivity index (χ4v) is 6.42. The van der Waals surface area contributed by atoms with Crippen molar-refractivity contribution in [2.45, 2.75) is 44.7 Å². The van der Waals surface area contributed by atoms with Gasteiger partial charge in [0.05, 0.1) is 16.9 Å². The molecule has 3 aliphatic rings. The zero-order valence-electron chi connectivity index (χ0n) is 21.7. The molecule has 3 aromatic heterocycles. The van der Waals surface area contributed by atoms with E-state index >= 15 is 0 Å². The summed E-state index contributed by atoms with van der Waals surface area (Å²) in [6, 6.07) is 6.20. The van der Waals surface area contributed by atoms with E-state index in [1.54, 1.807) is 28.4 Å². The first-order chi connectivity index (χ1) is 18.4. The molecule has 3 fully saturated rings. The topological polar surface area (TPSA) is 88.7 Å². The molecule has 2 atom stereocenters. The van der Waals surface area contributed by atoms with E-state index in [0.717, 1.165) is 43.8 Å². The van der Waals surface area contributed by atoms with E-state index < -0.39 is 5.82 Å². The Hall–Kier alpha value is -3.50. The van der Waals surface area contributed by atoms with Gasteiger partial charge in [-0.25, -0.2) is 9.37 Å². The number of rotatable bonds is 5. The van der Waals surface area contributed by atoms with Gasteiger partial charge in [-0.2, -0.15) is 5.10 Å². The standard InChI is InChI=1S/C28H32FN7O2/c1-17-13-36-15-19(11-22(29)26(36)30-17)32-27(37)20-3-4-23(21-16-34(2)33-25(20)21)35-8-5-18(14-35)31-24-12-28(24)6-9-38-10-7-28/h3-4,11,13,15-16,18,24,31H,5-10,12,14H2,1-2H3,(H,32,37)/t18-,24?/m0/s1. The number of nitrogens with one attached hydrogen (secondary N) is 2. The Bertz CT molecular complexity index is 1550. The fraction of sp³-hybridized carbons (Fsp3) is 0.464. The summed E-state index contributed by atoms with van der Waals surface area (Å²) in [5.74, 6) is -0.812. The van der Waals surface area contributed by atoms with Crippen molar-refractivity contribution in [2.75, 3.05) is 36.5 Å². The van der Waals surface area contributed by atoms with Crippen molar-refractivity contribution in [2.24, 2.45) is 12.5 Å². The van der Waals surface area contributed by atoms with Gasteiger partial charge in [0.25, 0.3) is 5.91 Å². The van der Waals surface area contributed by atoms with Crippen molar-refractivity contribution < 1.29 is 13.9 Å². The van der Waals surface area contributed by atoms with Crippen molar-refractivity contribution in [3.63, 3.8) is 0 Å². The van der Waals surface area contributed by atoms with Crippen molar-refractivity contribution in [3.8, 4) is 0 Å². The molecule has 9 nitrogen and oxygen atoms in total. The molecule has 198 valence electrons. The number of hydrogen-bond acceptors (Lipinski definition) is 6. The smallest absolute Gasteiger partial charge is 0.257 e. The van der Waals surface area contributed by atoms with Crippen LogP contribution in [0.5, 0.6) is 0 Å². The van der Waals surface area contributed by atoms with Crippen LogP contribution in [0.25, 0.3) is 16.6 Å². The summed E-state index contributed by atoms with van der Waals surface area (Å²) in [7, 11) is 1.87. The molecule has 10 heteroatoms. The second kappa shape index (κ2) is 8.78. The Labute approximate surface area is 220 Å². The zero-order chi connectivity index (χ0) is 26.0. The first-order valence-electron chi connectivity index (χ1n) is 13.4. The number of benzene rings is 1. The number of amides is 1. The van der Waals surface area contributed by atoms with Crippen LogP contribution in [-0.2, 0) is 11.8 Å². The molecule has 38 heavy (non-hydrogen) atoms. The number of carbonyl (C=O) groups is 1. The average molecular weight is 518 g/mol. The highest BCUT2D eigenvalue weighted by Crippen LogP contribution is 2.53. The van der Waals surface area contributed by atoms with Crippen molar-refractivity contribution >= 4 is 33.8 Å². The quantitative estimate of drug-likeness (QED) is 0.420. The highest BCUT2D eigenvalue weighted by molar-refractivity contribution is 6.13. The third kappa shape index (κ3) is 4.03. The minimum atomic E-state index is -0.486. The second-order valence-corrected chi connectivity index (χ2v) is 11.2. The molecular weight excluding hydrogens is 485 g/mol. The van der Waals surface area contributed by atoms with Gasteiger partial charge in [0.2, 0.25) is 0 Å². The van der Waals surface area contributed by atoms with Crippen LogP contribution in [0.2, 0.25) is 0 Å². The Kier molecular flexibility index (Phi) is 5.45. The van der Waals surface area contributed by atoms with E-state index in [1.165, 1.54) is 25.3 Å². The first kappa shape index (κ1) is 23.6. The van der Waals surface area contributed by atoms with Gasteiger partial charge in [-0.3, -0.25) is 9.48 Å². The van der Waals surface area contributed by atoms with Gasteiger partial charge in [-0.1, -0.05) is 0 Å². The molecule has 2 aliphatic heterocycles. The second-order valence-electron chi connectivity index (χ2n) is 11.2. The number of aromatic nitrogens is 4. The number of carbonyl (C=O) groups excluding carboxylic acids is 1. The normalized spacial score (nSPS) is 22.6. The Morgan fingerprint density at radius 2 is 2.05 bits per heavy atom. The molecule has 4 aromatic rings. The number of imidazole rings is 1. The van der Waals surface area contributed by atoms with Crippen LogP contribution in [0.15, 0.2) is 36.8 Å². The highest BCUT2D eigenvalue weighted by Gasteiger charge is 2.54. The number of nitrogens with zero attached hydrogens (tertiary/aromatic N) is 5. The van der Waals surface area contributed by atoms with E-state index in [0.29, 0.717) is 40.0 Å². The molecule has 5 heterocycles. The van der Waals surface area contributed by atoms with Crippen LogP contribution in [0.1, 0.15) is 41.7 Å². The van der Waals surface area contributed by atoms with Crippen LogP contribution in [0, 0.1) is 18.2 Å². The minimum Gasteiger partial charge on any atom is -0.381 e. The number of fused-ring (bicyclic) bond motifs is 2. The number of halogens is 1. The van der Waals surface area contributed by atoms with Gasteiger partial charge < -0.3 is 24.7 Å². The molecule has 1 spiro atoms. The number of ether oxygens (including phenoxy) is 1. The van der Waals surface area contributed by atoms with Gasteiger partial charge in [0.1, 0.15) is 5.52 Å². The molecule has 1 saturated carbocycles. The van der Waals surface area contributed by atoms with Crippen molar-refractivity contribution in [1.82, 2.24) is 24.5 Å². The van der Waals surface area contributed by atoms with Gasteiger partial charge in [0.15, 0.2) is 11.5 Å². The third-order valence-electron chi connectivity index (χ3n) is 8.54. The van der Waals surface area contributed by atoms with Crippen molar-refractivity contribution in [3.05, 3.63) is 53.9 Å². The summed E-state index contributed by atoms with van der Waals surface area (Å²) in [6.07, 6.45) is 10.1. The Balaban J connectivity index is 1.10. The molecule has 0 radical (unpaired) electrons. The molecular formula is C28H32FN7O2. The zero-order valence-corrected chi connectivity index (χ0v) is 21.7. The van der Waals surface area contributed by atoms with Crippen LogP contribution in [0.3, 0.4) is 0 Å². The number of anilines is 2. The number of hydrogen-bond donors (Lipinski definition) is 2. The van der Waals surface area contributed by atoms with Crippen molar-refractivity contribution in [1.29, 1.82) is 0 Å². The predicted octanol–water partition coefficient (Wildman–Crippen LogP) is 3.66. The molecule has 1 amide bonds. The van der Waals surface area contributed by atoms with Gasteiger partial charge in [0, 0.05) is 81.2 Å². The average Bonchev–Trinajstić information content (AvgIpc) is 3.28. The maximum absolute atomic E-state index is 14.5. The maximum atomic E-state index is 14.5. The lowest BCUT2D eigenvalue weighted by molar-refractivity contribution is 0.0539. The lowest BCUT2D eigenvalue weighted by Crippen LogP contribution is -2.37. The molecule has 0 bridgehead atoms. The number of aryl methyl sites for hydroxylation is 2. The van der Waals surface area contributed by atoms with Gasteiger partial charge in [-0.05, 0) is 50.2 Å². The lowest BCUT2D eigenvalue weighted by Gasteiger charge is -2.25. The summed E-state index contributed by atoms with van der Waals surface area (Å²) in [5.41, 5.74) is 3.95. The maximum Gasteiger partial charge on any atom is 0.257 e. The molecule has 2 N–H and O–H groups in total. The molecule has 1 unspecified atom stereocenters. The summed E-state index contributed by atoms with van der Waals surface area (Å²) < 4.78 is 23.5. The molecule has 1 aliphatic carbocycles. The van der Waals surface area contributed by atoms with Gasteiger partial charge in [-0.15, -0.1) is 0 Å².